The Labute approximate surface area is 77.4 Å². The van der Waals surface area contributed by atoms with Crippen molar-refractivity contribution in [3.63, 3.8) is 0 Å². The minimum absolute atomic E-state index is 0. The molecule has 0 amide bonds. The van der Waals surface area contributed by atoms with E-state index in [2.05, 4.69) is 15.0 Å². The molecule has 0 aliphatic heterocycles. The SMILES string of the molecule is CN=C(NC)O[C-]=O.[U]. The van der Waals surface area contributed by atoms with Crippen molar-refractivity contribution < 1.29 is 40.6 Å². The standard InChI is InChI=1S/C4H7N2O2.U/c1-5-4(6-2)8-3-7;/h1-2H3,(H,5,6);/q-1;. The van der Waals surface area contributed by atoms with Gasteiger partial charge in [0, 0.05) is 38.2 Å². The summed E-state index contributed by atoms with van der Waals surface area (Å²) in [5.74, 6) is 0. The molecule has 0 aromatic rings. The number of nitrogens with zero attached hydrogens (tertiary/aromatic N) is 1. The van der Waals surface area contributed by atoms with E-state index in [1.807, 2.05) is 0 Å². The van der Waals surface area contributed by atoms with Gasteiger partial charge < -0.3 is 19.8 Å². The van der Waals surface area contributed by atoms with E-state index in [9.17, 15) is 4.79 Å². The van der Waals surface area contributed by atoms with Gasteiger partial charge in [-0.25, -0.2) is 0 Å². The zero-order valence-corrected chi connectivity index (χ0v) is 9.43. The van der Waals surface area contributed by atoms with Crippen LogP contribution in [-0.4, -0.2) is 26.6 Å². The Morgan fingerprint density at radius 2 is 2.33 bits per heavy atom. The first-order valence-electron chi connectivity index (χ1n) is 2.03. The van der Waals surface area contributed by atoms with Crippen molar-refractivity contribution in [1.29, 1.82) is 0 Å². The second-order valence-corrected chi connectivity index (χ2v) is 0.964. The molecule has 0 spiro atoms. The summed E-state index contributed by atoms with van der Waals surface area (Å²) in [7, 11) is 3.10. The molecule has 4 nitrogen and oxygen atoms in total. The largest absolute Gasteiger partial charge is 0.584 e. The molecule has 1 N–H and O–H groups in total. The van der Waals surface area contributed by atoms with E-state index >= 15 is 0 Å². The van der Waals surface area contributed by atoms with Gasteiger partial charge in [0.05, 0.1) is 0 Å². The molecule has 5 heteroatoms. The molecule has 9 heavy (non-hydrogen) atoms. The van der Waals surface area contributed by atoms with Crippen LogP contribution in [0.15, 0.2) is 4.99 Å². The third-order valence-electron chi connectivity index (χ3n) is 0.555. The molecule has 0 aliphatic rings. The van der Waals surface area contributed by atoms with Crippen LogP contribution < -0.4 is 5.32 Å². The van der Waals surface area contributed by atoms with Crippen LogP contribution in [0.3, 0.4) is 0 Å². The first-order chi connectivity index (χ1) is 3.85. The van der Waals surface area contributed by atoms with Gasteiger partial charge in [0.1, 0.15) is 6.02 Å². The van der Waals surface area contributed by atoms with Gasteiger partial charge in [-0.3, -0.25) is 0 Å². The third kappa shape index (κ3) is 5.87. The number of aliphatic imine (C=N–C) groups is 1. The molecular formula is C4H7N2O2U-. The van der Waals surface area contributed by atoms with Crippen LogP contribution in [0.4, 0.5) is 0 Å². The van der Waals surface area contributed by atoms with E-state index in [0.717, 1.165) is 0 Å². The first kappa shape index (κ1) is 11.7. The maximum Gasteiger partial charge on any atom is 0.172 e. The average Bonchev–Trinajstić information content (AvgIpc) is 1.83. The Hall–Kier alpha value is -0.00805. The van der Waals surface area contributed by atoms with Gasteiger partial charge >= 0.3 is 0 Å². The molecule has 0 saturated heterocycles. The molecule has 0 fully saturated rings. The topological polar surface area (TPSA) is 50.7 Å². The van der Waals surface area contributed by atoms with Crippen molar-refractivity contribution in [2.24, 2.45) is 4.99 Å². The number of hydrogen-bond acceptors (Lipinski definition) is 3. The van der Waals surface area contributed by atoms with Crippen molar-refractivity contribution in [1.82, 2.24) is 5.32 Å². The molecule has 0 aromatic heterocycles. The van der Waals surface area contributed by atoms with Crippen molar-refractivity contribution in [3.8, 4) is 0 Å². The van der Waals surface area contributed by atoms with Crippen molar-refractivity contribution in [3.05, 3.63) is 0 Å². The van der Waals surface area contributed by atoms with Crippen LogP contribution in [0, 0.1) is 31.1 Å². The van der Waals surface area contributed by atoms with Gasteiger partial charge in [-0.1, -0.05) is 0 Å². The van der Waals surface area contributed by atoms with E-state index in [1.165, 1.54) is 13.5 Å². The minimum atomic E-state index is 0. The summed E-state index contributed by atoms with van der Waals surface area (Å²) in [5.41, 5.74) is 0. The molecule has 0 rings (SSSR count). The van der Waals surface area contributed by atoms with E-state index in [-0.39, 0.29) is 37.1 Å². The Morgan fingerprint density at radius 3 is 2.44 bits per heavy atom. The molecule has 0 atom stereocenters. The zero-order valence-electron chi connectivity index (χ0n) is 5.26. The number of rotatable bonds is 1. The van der Waals surface area contributed by atoms with Gasteiger partial charge in [-0.15, -0.1) is 0 Å². The summed E-state index contributed by atoms with van der Waals surface area (Å²) in [5, 5.41) is 2.52. The van der Waals surface area contributed by atoms with E-state index in [0.29, 0.717) is 0 Å². The number of nitrogens with one attached hydrogen (secondary N) is 1. The number of ether oxygens (including phenoxy) is 1. The normalized spacial score (nSPS) is 9.33. The Kier molecular flexibility index (Phi) is 10.4. The van der Waals surface area contributed by atoms with E-state index in [1.54, 1.807) is 7.05 Å². The van der Waals surface area contributed by atoms with Crippen LogP contribution >= 0.6 is 0 Å². The third-order valence-corrected chi connectivity index (χ3v) is 0.555. The Morgan fingerprint density at radius 1 is 1.78 bits per heavy atom. The molecule has 50 valence electrons. The van der Waals surface area contributed by atoms with Crippen LogP contribution in [0.1, 0.15) is 0 Å². The van der Waals surface area contributed by atoms with Crippen LogP contribution in [-0.2, 0) is 9.53 Å². The van der Waals surface area contributed by atoms with Gasteiger partial charge in [-0.2, -0.15) is 0 Å². The number of hydrogen-bond donors (Lipinski definition) is 1. The maximum atomic E-state index is 9.46. The van der Waals surface area contributed by atoms with Gasteiger partial charge in [0.2, 0.25) is 0 Å². The summed E-state index contributed by atoms with van der Waals surface area (Å²) in [6.07, 6.45) is 0. The fraction of sp³-hybridized carbons (Fsp3) is 0.500. The molecule has 0 radical (unpaired) electrons. The van der Waals surface area contributed by atoms with Crippen LogP contribution in [0.5, 0.6) is 0 Å². The van der Waals surface area contributed by atoms with Crippen molar-refractivity contribution in [2.45, 2.75) is 0 Å². The Bertz CT molecular complexity index is 105. The van der Waals surface area contributed by atoms with Crippen molar-refractivity contribution >= 4 is 12.5 Å². The zero-order chi connectivity index (χ0) is 6.41. The predicted octanol–water partition coefficient (Wildman–Crippen LogP) is -0.725. The molecule has 0 aromatic carbocycles. The molecule has 0 unspecified atom stereocenters. The van der Waals surface area contributed by atoms with Crippen LogP contribution in [0.2, 0.25) is 0 Å². The molecule has 0 saturated carbocycles. The van der Waals surface area contributed by atoms with Gasteiger partial charge in [0.25, 0.3) is 0 Å². The predicted molar refractivity (Wildman–Crippen MR) is 29.2 cm³/mol. The second-order valence-electron chi connectivity index (χ2n) is 0.964. The van der Waals surface area contributed by atoms with E-state index < -0.39 is 0 Å². The van der Waals surface area contributed by atoms with E-state index in [4.69, 9.17) is 0 Å². The number of amidine groups is 1. The average molecular weight is 353 g/mol. The Balaban J connectivity index is 0. The minimum Gasteiger partial charge on any atom is -0.584 e. The summed E-state index contributed by atoms with van der Waals surface area (Å²) >= 11 is 0. The van der Waals surface area contributed by atoms with Gasteiger partial charge in [0.15, 0.2) is 6.47 Å². The van der Waals surface area contributed by atoms with Crippen LogP contribution in [0.25, 0.3) is 0 Å². The second kappa shape index (κ2) is 7.99. The smallest absolute Gasteiger partial charge is 0.172 e. The summed E-state index contributed by atoms with van der Waals surface area (Å²) in [4.78, 5) is 13.0. The number of carbonyl (C=O) groups excluding carboxylic acids is 1. The van der Waals surface area contributed by atoms with Gasteiger partial charge in [-0.05, 0) is 7.05 Å². The molecular weight excluding hydrogens is 346 g/mol. The summed E-state index contributed by atoms with van der Waals surface area (Å²) in [6.45, 7) is 1.23. The summed E-state index contributed by atoms with van der Waals surface area (Å²) in [6, 6.07) is 0.167. The monoisotopic (exact) mass is 353 g/mol. The fourth-order valence-corrected chi connectivity index (χ4v) is 0.248. The quantitative estimate of drug-likeness (QED) is 0.385. The maximum absolute atomic E-state index is 9.46. The fourth-order valence-electron chi connectivity index (χ4n) is 0.248. The summed E-state index contributed by atoms with van der Waals surface area (Å²) < 4.78 is 4.17. The first-order valence-corrected chi connectivity index (χ1v) is 2.03. The van der Waals surface area contributed by atoms with Crippen molar-refractivity contribution in [2.75, 3.05) is 14.1 Å². The molecule has 0 aliphatic carbocycles. The molecule has 0 bridgehead atoms. The molecule has 0 heterocycles.